The third kappa shape index (κ3) is 3.99. The molecule has 1 atom stereocenters. The highest BCUT2D eigenvalue weighted by atomic mass is 32.1. The minimum Gasteiger partial charge on any atom is -0.443 e. The van der Waals surface area contributed by atoms with Crippen LogP contribution >= 0.6 is 12.2 Å². The molecule has 2 aromatic carbocycles. The quantitative estimate of drug-likeness (QED) is 0.542. The number of hydrogen-bond acceptors (Lipinski definition) is 5. The average molecular weight is 428 g/mol. The standard InChI is InChI=1S/C21H21FN4O3S/c22-18-12-16(26-14-17(29-21(26)28)13-23-8-11-30)6-7-19(18)25-10-9-24(20(25)27)15-4-2-1-3-5-15/h1-7,11-12,17,23H,8-10,13-14H2/t17-/m0/s1. The molecule has 3 amide bonds. The van der Waals surface area contributed by atoms with Crippen LogP contribution in [0.25, 0.3) is 0 Å². The Kier molecular flexibility index (Phi) is 5.91. The molecule has 0 aromatic heterocycles. The second-order valence-electron chi connectivity index (χ2n) is 7.00. The van der Waals surface area contributed by atoms with Crippen molar-refractivity contribution in [2.24, 2.45) is 0 Å². The Morgan fingerprint density at radius 1 is 1.07 bits per heavy atom. The van der Waals surface area contributed by atoms with Crippen LogP contribution in [0, 0.1) is 5.82 Å². The Labute approximate surface area is 179 Å². The molecule has 0 bridgehead atoms. The van der Waals surface area contributed by atoms with Crippen LogP contribution in [0.2, 0.25) is 0 Å². The van der Waals surface area contributed by atoms with Gasteiger partial charge in [-0.1, -0.05) is 30.4 Å². The molecule has 0 unspecified atom stereocenters. The third-order valence-electron chi connectivity index (χ3n) is 5.08. The van der Waals surface area contributed by atoms with Gasteiger partial charge in [-0.05, 0) is 35.7 Å². The summed E-state index contributed by atoms with van der Waals surface area (Å²) < 4.78 is 20.2. The summed E-state index contributed by atoms with van der Waals surface area (Å²) in [6.07, 6.45) is -0.862. The van der Waals surface area contributed by atoms with Gasteiger partial charge in [-0.15, -0.1) is 0 Å². The van der Waals surface area contributed by atoms with Crippen molar-refractivity contribution in [3.05, 3.63) is 54.3 Å². The number of benzene rings is 2. The summed E-state index contributed by atoms with van der Waals surface area (Å²) in [4.78, 5) is 29.4. The highest BCUT2D eigenvalue weighted by Crippen LogP contribution is 2.31. The van der Waals surface area contributed by atoms with Gasteiger partial charge in [0.2, 0.25) is 0 Å². The number of nitrogens with one attached hydrogen (secondary N) is 1. The van der Waals surface area contributed by atoms with Gasteiger partial charge in [-0.3, -0.25) is 14.7 Å². The molecule has 0 aliphatic carbocycles. The van der Waals surface area contributed by atoms with Crippen molar-refractivity contribution in [2.45, 2.75) is 6.10 Å². The van der Waals surface area contributed by atoms with Crippen molar-refractivity contribution in [1.82, 2.24) is 5.32 Å². The van der Waals surface area contributed by atoms with Crippen LogP contribution in [-0.4, -0.2) is 56.3 Å². The average Bonchev–Trinajstić information content (AvgIpc) is 3.31. The zero-order chi connectivity index (χ0) is 21.1. The normalized spacial score (nSPS) is 18.8. The SMILES string of the molecule is O=C1O[C@@H](CNCC=S)CN1c1ccc(N2CCN(c3ccccc3)C2=O)c(F)c1. The van der Waals surface area contributed by atoms with E-state index in [1.807, 2.05) is 30.3 Å². The van der Waals surface area contributed by atoms with E-state index in [0.717, 1.165) is 5.69 Å². The number of urea groups is 1. The van der Waals surface area contributed by atoms with Gasteiger partial charge in [0.15, 0.2) is 0 Å². The molecule has 2 aliphatic rings. The molecular weight excluding hydrogens is 407 g/mol. The predicted octanol–water partition coefficient (Wildman–Crippen LogP) is 3.19. The summed E-state index contributed by atoms with van der Waals surface area (Å²) in [6, 6.07) is 13.4. The van der Waals surface area contributed by atoms with E-state index < -0.39 is 11.9 Å². The third-order valence-corrected chi connectivity index (χ3v) is 5.25. The first-order chi connectivity index (χ1) is 14.6. The number of amides is 3. The minimum absolute atomic E-state index is 0.189. The van der Waals surface area contributed by atoms with E-state index in [9.17, 15) is 14.0 Å². The molecule has 2 aromatic rings. The molecule has 9 heteroatoms. The Morgan fingerprint density at radius 2 is 1.83 bits per heavy atom. The van der Waals surface area contributed by atoms with Gasteiger partial charge in [-0.2, -0.15) is 0 Å². The molecule has 7 nitrogen and oxygen atoms in total. The van der Waals surface area contributed by atoms with Gasteiger partial charge < -0.3 is 10.1 Å². The zero-order valence-electron chi connectivity index (χ0n) is 16.2. The molecule has 2 heterocycles. The lowest BCUT2D eigenvalue weighted by atomic mass is 10.2. The van der Waals surface area contributed by atoms with Gasteiger partial charge >= 0.3 is 12.1 Å². The summed E-state index contributed by atoms with van der Waals surface area (Å²) >= 11 is 4.75. The van der Waals surface area contributed by atoms with E-state index in [-0.39, 0.29) is 17.8 Å². The highest BCUT2D eigenvalue weighted by Gasteiger charge is 2.34. The second kappa shape index (κ2) is 8.76. The van der Waals surface area contributed by atoms with Crippen molar-refractivity contribution >= 4 is 46.8 Å². The number of carbonyl (C=O) groups is 2. The molecule has 4 rings (SSSR count). The molecule has 156 valence electrons. The van der Waals surface area contributed by atoms with Crippen LogP contribution in [0.5, 0.6) is 0 Å². The van der Waals surface area contributed by atoms with Crippen LogP contribution in [0.4, 0.5) is 31.0 Å². The topological polar surface area (TPSA) is 65.1 Å². The summed E-state index contributed by atoms with van der Waals surface area (Å²) in [7, 11) is 0. The summed E-state index contributed by atoms with van der Waals surface area (Å²) in [5.41, 5.74) is 1.36. The fourth-order valence-corrected chi connectivity index (χ4v) is 3.75. The fourth-order valence-electron chi connectivity index (χ4n) is 3.63. The Balaban J connectivity index is 1.47. The van der Waals surface area contributed by atoms with Gasteiger partial charge in [-0.25, -0.2) is 14.0 Å². The lowest BCUT2D eigenvalue weighted by Gasteiger charge is -2.20. The number of ether oxygens (including phenoxy) is 1. The monoisotopic (exact) mass is 428 g/mol. The van der Waals surface area contributed by atoms with Crippen molar-refractivity contribution < 1.29 is 18.7 Å². The van der Waals surface area contributed by atoms with Gasteiger partial charge in [0, 0.05) is 31.9 Å². The number of rotatable bonds is 7. The predicted molar refractivity (Wildman–Crippen MR) is 117 cm³/mol. The molecule has 0 saturated carbocycles. The first-order valence-corrected chi connectivity index (χ1v) is 10.1. The number of para-hydroxylation sites is 1. The van der Waals surface area contributed by atoms with Crippen LogP contribution in [-0.2, 0) is 4.74 Å². The number of cyclic esters (lactones) is 1. The van der Waals surface area contributed by atoms with Crippen molar-refractivity contribution in [3.63, 3.8) is 0 Å². The molecule has 2 aliphatic heterocycles. The first-order valence-electron chi connectivity index (χ1n) is 9.64. The maximum Gasteiger partial charge on any atom is 0.414 e. The molecule has 0 spiro atoms. The van der Waals surface area contributed by atoms with Crippen LogP contribution in [0.1, 0.15) is 0 Å². The smallest absolute Gasteiger partial charge is 0.414 e. The van der Waals surface area contributed by atoms with Crippen LogP contribution in [0.3, 0.4) is 0 Å². The number of thiocarbonyl (C=S) groups is 1. The lowest BCUT2D eigenvalue weighted by Crippen LogP contribution is -2.32. The van der Waals surface area contributed by atoms with E-state index in [1.165, 1.54) is 21.9 Å². The fraction of sp³-hybridized carbons (Fsp3) is 0.286. The number of hydrogen-bond donors (Lipinski definition) is 1. The van der Waals surface area contributed by atoms with Crippen molar-refractivity contribution in [2.75, 3.05) is 47.4 Å². The summed E-state index contributed by atoms with van der Waals surface area (Å²) in [5, 5.41) is 4.62. The minimum atomic E-state index is -0.564. The first kappa shape index (κ1) is 20.2. The van der Waals surface area contributed by atoms with Crippen LogP contribution < -0.4 is 20.0 Å². The Hall–Kier alpha value is -3.04. The maximum atomic E-state index is 14.9. The number of anilines is 3. The van der Waals surface area contributed by atoms with E-state index >= 15 is 0 Å². The summed E-state index contributed by atoms with van der Waals surface area (Å²) in [5.74, 6) is -0.564. The van der Waals surface area contributed by atoms with Gasteiger partial charge in [0.1, 0.15) is 11.9 Å². The van der Waals surface area contributed by atoms with Gasteiger partial charge in [0.05, 0.1) is 17.9 Å². The molecule has 30 heavy (non-hydrogen) atoms. The largest absolute Gasteiger partial charge is 0.443 e. The molecule has 1 N–H and O–H groups in total. The maximum absolute atomic E-state index is 14.9. The number of carbonyl (C=O) groups excluding carboxylic acids is 2. The Bertz CT molecular complexity index is 959. The van der Waals surface area contributed by atoms with E-state index in [1.54, 1.807) is 16.3 Å². The Morgan fingerprint density at radius 3 is 2.57 bits per heavy atom. The van der Waals surface area contributed by atoms with E-state index in [2.05, 4.69) is 5.32 Å². The van der Waals surface area contributed by atoms with E-state index in [4.69, 9.17) is 17.0 Å². The van der Waals surface area contributed by atoms with E-state index in [0.29, 0.717) is 38.4 Å². The van der Waals surface area contributed by atoms with Gasteiger partial charge in [0.25, 0.3) is 0 Å². The number of halogens is 1. The zero-order valence-corrected chi connectivity index (χ0v) is 17.0. The summed E-state index contributed by atoms with van der Waals surface area (Å²) in [6.45, 7) is 2.17. The molecule has 2 saturated heterocycles. The van der Waals surface area contributed by atoms with Crippen molar-refractivity contribution in [1.29, 1.82) is 0 Å². The molecule has 0 radical (unpaired) electrons. The highest BCUT2D eigenvalue weighted by molar-refractivity contribution is 7.79. The second-order valence-corrected chi connectivity index (χ2v) is 7.33. The molecule has 2 fully saturated rings. The molecular formula is C21H21FN4O3S. The lowest BCUT2D eigenvalue weighted by molar-refractivity contribution is 0.141. The van der Waals surface area contributed by atoms with Crippen LogP contribution in [0.15, 0.2) is 48.5 Å². The van der Waals surface area contributed by atoms with Crippen molar-refractivity contribution in [3.8, 4) is 0 Å². The number of nitrogens with zero attached hydrogens (tertiary/aromatic N) is 3.